The average Bonchev–Trinajstić information content (AvgIpc) is 3.72. The number of hydrogen-bond acceptors (Lipinski definition) is 13. The molecule has 1 unspecified atom stereocenters. The number of amides is 3. The molecule has 3 aromatic carbocycles. The summed E-state index contributed by atoms with van der Waals surface area (Å²) in [5, 5.41) is 18.2. The zero-order valence-corrected chi connectivity index (χ0v) is 37.0. The summed E-state index contributed by atoms with van der Waals surface area (Å²) in [7, 11) is 0. The number of hydrogen-bond donors (Lipinski definition) is 3. The highest BCUT2D eigenvalue weighted by Gasteiger charge is 2.48. The van der Waals surface area contributed by atoms with Crippen LogP contribution in [0.25, 0.3) is 22.1 Å². The minimum absolute atomic E-state index is 0.0107. The minimum Gasteiger partial charge on any atom is -0.371 e. The average molecular weight is 917 g/mol. The number of anilines is 4. The minimum atomic E-state index is -0.843. The van der Waals surface area contributed by atoms with E-state index in [-0.39, 0.29) is 42.3 Å². The molecule has 11 rings (SSSR count). The molecule has 65 heavy (non-hydrogen) atoms. The monoisotopic (exact) mass is 915 g/mol. The van der Waals surface area contributed by atoms with Crippen LogP contribution >= 0.6 is 23.2 Å². The molecule has 0 radical (unpaired) electrons. The third-order valence-corrected chi connectivity index (χ3v) is 15.0. The maximum atomic E-state index is 13.5. The molecular weight excluding hydrogens is 869 g/mol. The van der Waals surface area contributed by atoms with Crippen LogP contribution in [0.4, 0.5) is 22.9 Å². The lowest BCUT2D eigenvalue weighted by molar-refractivity contribution is -0.136. The van der Waals surface area contributed by atoms with Crippen LogP contribution in [-0.4, -0.2) is 108 Å². The smallest absolute Gasteiger partial charge is 0.278 e. The van der Waals surface area contributed by atoms with Crippen molar-refractivity contribution >= 4 is 85.9 Å². The summed E-state index contributed by atoms with van der Waals surface area (Å²) in [6, 6.07) is 19.1. The summed E-state index contributed by atoms with van der Waals surface area (Å²) in [5.74, 6) is -0.492. The molecule has 3 amide bonds. The lowest BCUT2D eigenvalue weighted by atomic mass is 9.60. The summed E-state index contributed by atoms with van der Waals surface area (Å²) in [4.78, 5) is 71.7. The molecule has 6 aromatic rings. The molecule has 3 aromatic heterocycles. The third kappa shape index (κ3) is 7.82. The van der Waals surface area contributed by atoms with Crippen LogP contribution in [0.1, 0.15) is 73.8 Å². The van der Waals surface area contributed by atoms with Gasteiger partial charge in [-0.2, -0.15) is 4.68 Å². The first-order chi connectivity index (χ1) is 31.6. The molecule has 6 heterocycles. The first-order valence-corrected chi connectivity index (χ1v) is 23.1. The summed E-state index contributed by atoms with van der Waals surface area (Å²) in [5.41, 5.74) is 5.31. The third-order valence-electron chi connectivity index (χ3n) is 14.4. The normalized spacial score (nSPS) is 22.5. The number of nitrogens with zero attached hydrogens (tertiary/aromatic N) is 10. The predicted octanol–water partition coefficient (Wildman–Crippen LogP) is 5.66. The van der Waals surface area contributed by atoms with Crippen molar-refractivity contribution in [3.63, 3.8) is 0 Å². The number of fused-ring (bicyclic) bond motifs is 2. The SMILES string of the molecule is O=C1CCC(n2nnc3ccc(N4CCC5(CC4)CC(N4CCN(c6ccc(Nc7ncnc8c7ncn8C7CC(NC(=O)c8c(Cl)cccc8Cl)C7)cc6)CC4)C5)cc3c2=O)C(=O)N1. The molecule has 334 valence electrons. The van der Waals surface area contributed by atoms with Gasteiger partial charge < -0.3 is 25.0 Å². The van der Waals surface area contributed by atoms with Gasteiger partial charge in [0.15, 0.2) is 17.0 Å². The highest BCUT2D eigenvalue weighted by Crippen LogP contribution is 2.51. The van der Waals surface area contributed by atoms with Crippen molar-refractivity contribution in [1.82, 2.24) is 50.0 Å². The number of imide groups is 1. The molecule has 5 aliphatic rings. The van der Waals surface area contributed by atoms with Gasteiger partial charge in [0.25, 0.3) is 17.4 Å². The Morgan fingerprint density at radius 2 is 1.54 bits per heavy atom. The van der Waals surface area contributed by atoms with Gasteiger partial charge in [0, 0.05) is 80.9 Å². The molecule has 0 bridgehead atoms. The first kappa shape index (κ1) is 41.5. The fourth-order valence-corrected chi connectivity index (χ4v) is 11.1. The predicted molar refractivity (Wildman–Crippen MR) is 247 cm³/mol. The molecule has 3 N–H and O–H groups in total. The van der Waals surface area contributed by atoms with Crippen LogP contribution in [0.15, 0.2) is 78.1 Å². The molecule has 3 saturated heterocycles. The molecule has 5 fully saturated rings. The van der Waals surface area contributed by atoms with Crippen LogP contribution in [-0.2, 0) is 9.59 Å². The number of carbonyl (C=O) groups excluding carboxylic acids is 3. The van der Waals surface area contributed by atoms with Crippen molar-refractivity contribution in [2.75, 3.05) is 54.4 Å². The molecule has 19 heteroatoms. The zero-order chi connectivity index (χ0) is 44.4. The van der Waals surface area contributed by atoms with Crippen LogP contribution in [0.3, 0.4) is 0 Å². The van der Waals surface area contributed by atoms with E-state index < -0.39 is 11.9 Å². The van der Waals surface area contributed by atoms with E-state index >= 15 is 0 Å². The Morgan fingerprint density at radius 3 is 2.28 bits per heavy atom. The van der Waals surface area contributed by atoms with E-state index in [2.05, 4.69) is 84.7 Å². The van der Waals surface area contributed by atoms with Crippen LogP contribution in [0.2, 0.25) is 10.0 Å². The van der Waals surface area contributed by atoms with E-state index in [4.69, 9.17) is 23.2 Å². The van der Waals surface area contributed by atoms with Gasteiger partial charge >= 0.3 is 0 Å². The second kappa shape index (κ2) is 16.7. The van der Waals surface area contributed by atoms with E-state index in [1.807, 2.05) is 18.2 Å². The van der Waals surface area contributed by atoms with Gasteiger partial charge in [-0.1, -0.05) is 34.5 Å². The van der Waals surface area contributed by atoms with Gasteiger partial charge in [-0.25, -0.2) is 15.0 Å². The van der Waals surface area contributed by atoms with Gasteiger partial charge in [0.2, 0.25) is 5.91 Å². The highest BCUT2D eigenvalue weighted by atomic mass is 35.5. The quantitative estimate of drug-likeness (QED) is 0.151. The summed E-state index contributed by atoms with van der Waals surface area (Å²) < 4.78 is 3.18. The van der Waals surface area contributed by atoms with Crippen molar-refractivity contribution in [1.29, 1.82) is 0 Å². The number of piperidine rings is 2. The van der Waals surface area contributed by atoms with Gasteiger partial charge in [0.1, 0.15) is 17.9 Å². The van der Waals surface area contributed by atoms with E-state index in [1.165, 1.54) is 18.5 Å². The van der Waals surface area contributed by atoms with Crippen molar-refractivity contribution in [3.8, 4) is 0 Å². The van der Waals surface area contributed by atoms with E-state index in [0.717, 1.165) is 86.7 Å². The maximum absolute atomic E-state index is 13.5. The number of piperazine rings is 1. The Morgan fingerprint density at radius 1 is 0.815 bits per heavy atom. The number of nitrogens with one attached hydrogen (secondary N) is 3. The van der Waals surface area contributed by atoms with E-state index in [0.29, 0.717) is 49.3 Å². The van der Waals surface area contributed by atoms with Gasteiger partial charge in [0.05, 0.1) is 27.3 Å². The second-order valence-electron chi connectivity index (χ2n) is 18.2. The maximum Gasteiger partial charge on any atom is 0.278 e. The lowest BCUT2D eigenvalue weighted by Gasteiger charge is -2.56. The number of imidazole rings is 1. The van der Waals surface area contributed by atoms with Crippen molar-refractivity contribution in [2.24, 2.45) is 5.41 Å². The van der Waals surface area contributed by atoms with Crippen molar-refractivity contribution in [2.45, 2.75) is 75.5 Å². The Balaban J connectivity index is 0.648. The second-order valence-corrected chi connectivity index (χ2v) is 19.0. The molecule has 17 nitrogen and oxygen atoms in total. The Hall–Kier alpha value is -6.17. The van der Waals surface area contributed by atoms with Crippen LogP contribution in [0, 0.1) is 5.41 Å². The number of benzene rings is 3. The zero-order valence-electron chi connectivity index (χ0n) is 35.5. The fraction of sp³-hybridized carbons (Fsp3) is 0.413. The van der Waals surface area contributed by atoms with Gasteiger partial charge in [-0.15, -0.1) is 5.10 Å². The summed E-state index contributed by atoms with van der Waals surface area (Å²) in [6.45, 7) is 5.88. The molecular formula is C46H47Cl2N13O4. The summed E-state index contributed by atoms with van der Waals surface area (Å²) in [6.07, 6.45) is 9.88. The Labute approximate surface area is 383 Å². The fourth-order valence-electron chi connectivity index (χ4n) is 10.6. The van der Waals surface area contributed by atoms with Crippen molar-refractivity contribution in [3.05, 3.63) is 99.3 Å². The molecule has 2 saturated carbocycles. The van der Waals surface area contributed by atoms with Crippen LogP contribution in [0.5, 0.6) is 0 Å². The van der Waals surface area contributed by atoms with Crippen molar-refractivity contribution < 1.29 is 14.4 Å². The number of rotatable bonds is 9. The topological polar surface area (TPSA) is 188 Å². The Bertz CT molecular complexity index is 2870. The Kier molecular flexibility index (Phi) is 10.7. The lowest BCUT2D eigenvalue weighted by Crippen LogP contribution is -2.59. The number of aromatic nitrogens is 7. The van der Waals surface area contributed by atoms with E-state index in [9.17, 15) is 19.2 Å². The molecule has 3 aliphatic heterocycles. The largest absolute Gasteiger partial charge is 0.371 e. The standard InChI is InChI=1S/C46H47Cl2N13O4/c47-34-2-1-3-35(48)39(34)44(64)53-28-20-31(21-28)60-26-51-40-41(49-25-50-42(40)60)52-27-4-6-29(7-5-27)58-16-18-59(19-17-58)32-23-46(24-32)12-14-57(15-13-46)30-8-9-36-33(22-30)45(65)61(56-55-36)37-10-11-38(62)54-43(37)63/h1-9,22,25-26,28,31-32,37H,10-21,23-24H2,(H,53,64)(H,49,50,52)(H,54,62,63). The molecule has 2 aliphatic carbocycles. The van der Waals surface area contributed by atoms with Crippen LogP contribution < -0.4 is 31.3 Å². The highest BCUT2D eigenvalue weighted by molar-refractivity contribution is 6.39. The summed E-state index contributed by atoms with van der Waals surface area (Å²) >= 11 is 12.5. The molecule has 1 spiro atoms. The number of halogens is 2. The van der Waals surface area contributed by atoms with Gasteiger partial charge in [-0.3, -0.25) is 29.4 Å². The number of carbonyl (C=O) groups is 3. The van der Waals surface area contributed by atoms with E-state index in [1.54, 1.807) is 30.9 Å². The van der Waals surface area contributed by atoms with Gasteiger partial charge in [-0.05, 0) is 105 Å². The first-order valence-electron chi connectivity index (χ1n) is 22.3. The molecule has 1 atom stereocenters.